The molecule has 0 aromatic carbocycles. The fourth-order valence-electron chi connectivity index (χ4n) is 0.156. The number of nitrogens with zero attached hydrogens (tertiary/aromatic N) is 1. The molecule has 1 amide bonds. The smallest absolute Gasteiger partial charge is 0.245 e. The van der Waals surface area contributed by atoms with Crippen molar-refractivity contribution in [3.63, 3.8) is 0 Å². The number of hydrogen-bond acceptors (Lipinski definition) is 1. The molecule has 0 bridgehead atoms. The lowest BCUT2D eigenvalue weighted by molar-refractivity contribution is -0.122. The van der Waals surface area contributed by atoms with E-state index >= 15 is 0 Å². The van der Waals surface area contributed by atoms with Crippen LogP contribution < -0.4 is 0 Å². The lowest BCUT2D eigenvalue weighted by Gasteiger charge is -2.02. The van der Waals surface area contributed by atoms with E-state index in [1.165, 1.54) is 11.0 Å². The summed E-state index contributed by atoms with van der Waals surface area (Å²) in [6.07, 6.45) is 1.22. The number of likely N-dealkylation sites (N-methyl/N-ethyl adjacent to an activating group) is 1. The summed E-state index contributed by atoms with van der Waals surface area (Å²) in [6.45, 7) is 3.25. The van der Waals surface area contributed by atoms with Gasteiger partial charge in [0.05, 0.1) is 0 Å². The zero-order chi connectivity index (χ0) is 5.86. The molecule has 0 aromatic rings. The van der Waals surface area contributed by atoms with Crippen LogP contribution >= 0.6 is 0 Å². The molecule has 0 N–H and O–H groups in total. The molecule has 0 fully saturated rings. The second-order valence-corrected chi connectivity index (χ2v) is 1.24. The average molecular weight is 98.1 g/mol. The largest absolute Gasteiger partial charge is 0.340 e. The molecule has 0 saturated carbocycles. The predicted octanol–water partition coefficient (Wildman–Crippen LogP) is 0.422. The maximum absolute atomic E-state index is 10.3. The molecule has 0 rings (SSSR count). The van der Waals surface area contributed by atoms with E-state index in [1.807, 2.05) is 0 Å². The number of rotatable bonds is 1. The summed E-state index contributed by atoms with van der Waals surface area (Å²) in [4.78, 5) is 11.5. The highest BCUT2D eigenvalue weighted by Gasteiger charge is 1.91. The van der Waals surface area contributed by atoms with E-state index < -0.39 is 0 Å². The first-order valence-corrected chi connectivity index (χ1v) is 1.89. The Kier molecular flexibility index (Phi) is 2.12. The van der Waals surface area contributed by atoms with Gasteiger partial charge in [0.1, 0.15) is 0 Å². The molecule has 0 aromatic heterocycles. The second kappa shape index (κ2) is 2.39. The molecule has 0 unspecified atom stereocenters. The van der Waals surface area contributed by atoms with Crippen LogP contribution in [0.3, 0.4) is 0 Å². The van der Waals surface area contributed by atoms with Gasteiger partial charge in [-0.2, -0.15) is 0 Å². The van der Waals surface area contributed by atoms with Gasteiger partial charge in [-0.05, 0) is 6.08 Å². The SMILES string of the molecule is [CH2]N(C)C(=O)C=C. The van der Waals surface area contributed by atoms with Gasteiger partial charge >= 0.3 is 0 Å². The highest BCUT2D eigenvalue weighted by atomic mass is 16.2. The van der Waals surface area contributed by atoms with Crippen LogP contribution in [0, 0.1) is 7.05 Å². The summed E-state index contributed by atoms with van der Waals surface area (Å²) >= 11 is 0. The van der Waals surface area contributed by atoms with Gasteiger partial charge in [-0.3, -0.25) is 4.79 Å². The van der Waals surface area contributed by atoms with Gasteiger partial charge in [0.15, 0.2) is 0 Å². The van der Waals surface area contributed by atoms with Crippen molar-refractivity contribution < 1.29 is 4.79 Å². The van der Waals surface area contributed by atoms with Crippen molar-refractivity contribution in [1.82, 2.24) is 4.90 Å². The standard InChI is InChI=1S/C5H8NO/c1-4-5(7)6(2)3/h4H,1-2H2,3H3. The van der Waals surface area contributed by atoms with Gasteiger partial charge in [0.2, 0.25) is 5.91 Å². The third-order valence-corrected chi connectivity index (χ3v) is 0.551. The highest BCUT2D eigenvalue weighted by molar-refractivity contribution is 5.86. The Hall–Kier alpha value is -0.790. The van der Waals surface area contributed by atoms with Crippen molar-refractivity contribution in [1.29, 1.82) is 0 Å². The summed E-state index contributed by atoms with van der Waals surface area (Å²) in [7, 11) is 4.90. The first-order valence-electron chi connectivity index (χ1n) is 1.89. The summed E-state index contributed by atoms with van der Waals surface area (Å²) in [5, 5.41) is 0. The Morgan fingerprint density at radius 1 is 1.86 bits per heavy atom. The third-order valence-electron chi connectivity index (χ3n) is 0.551. The van der Waals surface area contributed by atoms with Crippen molar-refractivity contribution >= 4 is 5.91 Å². The fraction of sp³-hybridized carbons (Fsp3) is 0.200. The molecule has 0 atom stereocenters. The van der Waals surface area contributed by atoms with Crippen LogP contribution in [0.5, 0.6) is 0 Å². The van der Waals surface area contributed by atoms with Crippen LogP contribution in [-0.2, 0) is 4.79 Å². The molecular weight excluding hydrogens is 90.1 g/mol. The van der Waals surface area contributed by atoms with Crippen molar-refractivity contribution in [3.05, 3.63) is 19.7 Å². The van der Waals surface area contributed by atoms with E-state index in [-0.39, 0.29) is 5.91 Å². The monoisotopic (exact) mass is 98.1 g/mol. The molecule has 0 heterocycles. The van der Waals surface area contributed by atoms with Gasteiger partial charge in [0.25, 0.3) is 0 Å². The second-order valence-electron chi connectivity index (χ2n) is 1.24. The van der Waals surface area contributed by atoms with Gasteiger partial charge < -0.3 is 4.90 Å². The average Bonchev–Trinajstić information content (AvgIpc) is 1.65. The van der Waals surface area contributed by atoms with Gasteiger partial charge in [-0.15, -0.1) is 0 Å². The summed E-state index contributed by atoms with van der Waals surface area (Å²) in [6, 6.07) is 0. The molecule has 39 valence electrons. The van der Waals surface area contributed by atoms with Crippen molar-refractivity contribution in [2.45, 2.75) is 0 Å². The Bertz CT molecular complexity index is 86.1. The minimum absolute atomic E-state index is 0.167. The third kappa shape index (κ3) is 1.98. The van der Waals surface area contributed by atoms with E-state index in [0.717, 1.165) is 0 Å². The van der Waals surface area contributed by atoms with E-state index in [0.29, 0.717) is 0 Å². The van der Waals surface area contributed by atoms with Gasteiger partial charge in [-0.1, -0.05) is 6.58 Å². The fourth-order valence-corrected chi connectivity index (χ4v) is 0.156. The summed E-state index contributed by atoms with van der Waals surface area (Å²) < 4.78 is 0. The van der Waals surface area contributed by atoms with E-state index in [1.54, 1.807) is 7.05 Å². The first-order chi connectivity index (χ1) is 3.18. The number of carbonyl (C=O) groups excluding carboxylic acids is 1. The molecule has 0 aliphatic carbocycles. The number of amides is 1. The molecule has 2 heteroatoms. The predicted molar refractivity (Wildman–Crippen MR) is 28.3 cm³/mol. The van der Waals surface area contributed by atoms with E-state index in [4.69, 9.17) is 0 Å². The van der Waals surface area contributed by atoms with Crippen LogP contribution in [0.1, 0.15) is 0 Å². The number of hydrogen-bond donors (Lipinski definition) is 0. The summed E-state index contributed by atoms with van der Waals surface area (Å²) in [5.41, 5.74) is 0. The lowest BCUT2D eigenvalue weighted by atomic mass is 10.5. The lowest BCUT2D eigenvalue weighted by Crippen LogP contribution is -2.15. The molecule has 0 spiro atoms. The van der Waals surface area contributed by atoms with Crippen LogP contribution in [0.4, 0.5) is 0 Å². The molecule has 1 radical (unpaired) electrons. The van der Waals surface area contributed by atoms with Crippen molar-refractivity contribution in [2.24, 2.45) is 0 Å². The molecule has 0 saturated heterocycles. The van der Waals surface area contributed by atoms with E-state index in [2.05, 4.69) is 13.6 Å². The van der Waals surface area contributed by atoms with Crippen molar-refractivity contribution in [3.8, 4) is 0 Å². The first kappa shape index (κ1) is 6.21. The summed E-state index contributed by atoms with van der Waals surface area (Å²) in [5.74, 6) is -0.167. The Labute approximate surface area is 43.4 Å². The molecule has 0 aliphatic heterocycles. The van der Waals surface area contributed by atoms with Gasteiger partial charge in [0, 0.05) is 14.1 Å². The van der Waals surface area contributed by atoms with Gasteiger partial charge in [-0.25, -0.2) is 0 Å². The quantitative estimate of drug-likeness (QED) is 0.435. The zero-order valence-electron chi connectivity index (χ0n) is 4.35. The maximum atomic E-state index is 10.3. The molecule has 0 aliphatic rings. The van der Waals surface area contributed by atoms with Crippen LogP contribution in [0.25, 0.3) is 0 Å². The topological polar surface area (TPSA) is 20.3 Å². The van der Waals surface area contributed by atoms with Crippen LogP contribution in [0.2, 0.25) is 0 Å². The van der Waals surface area contributed by atoms with Crippen LogP contribution in [0.15, 0.2) is 12.7 Å². The Balaban J connectivity index is 3.56. The maximum Gasteiger partial charge on any atom is 0.245 e. The Morgan fingerprint density at radius 2 is 2.29 bits per heavy atom. The Morgan fingerprint density at radius 3 is 2.29 bits per heavy atom. The minimum atomic E-state index is -0.167. The number of carbonyl (C=O) groups is 1. The minimum Gasteiger partial charge on any atom is -0.340 e. The zero-order valence-corrected chi connectivity index (χ0v) is 4.35. The van der Waals surface area contributed by atoms with Crippen molar-refractivity contribution in [2.75, 3.05) is 7.05 Å². The molecular formula is C5H8NO. The molecule has 7 heavy (non-hydrogen) atoms. The normalized spacial score (nSPS) is 7.71. The van der Waals surface area contributed by atoms with Crippen LogP contribution in [-0.4, -0.2) is 17.9 Å². The molecule has 2 nitrogen and oxygen atoms in total. The van der Waals surface area contributed by atoms with E-state index in [9.17, 15) is 4.79 Å². The highest BCUT2D eigenvalue weighted by Crippen LogP contribution is 1.77.